The van der Waals surface area contributed by atoms with Gasteiger partial charge in [0, 0.05) is 23.1 Å². The van der Waals surface area contributed by atoms with Gasteiger partial charge in [-0.25, -0.2) is 0 Å². The number of benzene rings is 1. The fraction of sp³-hybridized carbons (Fsp3) is 0.385. The first-order valence-electron chi connectivity index (χ1n) is 6.01. The number of hydrogen-bond acceptors (Lipinski definition) is 5. The van der Waals surface area contributed by atoms with Gasteiger partial charge in [-0.15, -0.1) is 11.8 Å². The van der Waals surface area contributed by atoms with Gasteiger partial charge in [0.2, 0.25) is 0 Å². The average molecular weight is 263 g/mol. The molecule has 2 rings (SSSR count). The zero-order valence-corrected chi connectivity index (χ0v) is 11.4. The van der Waals surface area contributed by atoms with E-state index in [-0.39, 0.29) is 0 Å². The summed E-state index contributed by atoms with van der Waals surface area (Å²) in [6, 6.07) is 10.8. The summed E-state index contributed by atoms with van der Waals surface area (Å²) >= 11 is 1.80. The minimum Gasteiger partial charge on any atom is -0.337 e. The predicted molar refractivity (Wildman–Crippen MR) is 74.0 cm³/mol. The molecular weight excluding hydrogens is 246 g/mol. The second kappa shape index (κ2) is 6.44. The fourth-order valence-electron chi connectivity index (χ4n) is 1.38. The molecule has 1 aromatic carbocycles. The molecule has 0 atom stereocenters. The molecule has 4 nitrogen and oxygen atoms in total. The Bertz CT molecular complexity index is 470. The maximum atomic E-state index is 5.10. The zero-order chi connectivity index (χ0) is 12.8. The van der Waals surface area contributed by atoms with E-state index in [2.05, 4.69) is 27.6 Å². The molecule has 0 aliphatic rings. The van der Waals surface area contributed by atoms with Crippen molar-refractivity contribution in [1.82, 2.24) is 10.1 Å². The van der Waals surface area contributed by atoms with Crippen LogP contribution in [0.1, 0.15) is 25.6 Å². The van der Waals surface area contributed by atoms with Gasteiger partial charge < -0.3 is 9.84 Å². The molecule has 0 unspecified atom stereocenters. The Morgan fingerprint density at radius 3 is 2.72 bits per heavy atom. The van der Waals surface area contributed by atoms with Gasteiger partial charge in [0.25, 0.3) is 0 Å². The summed E-state index contributed by atoms with van der Waals surface area (Å²) < 4.78 is 5.10. The summed E-state index contributed by atoms with van der Waals surface area (Å²) in [5.41, 5.74) is 0. The summed E-state index contributed by atoms with van der Waals surface area (Å²) in [7, 11) is 0. The summed E-state index contributed by atoms with van der Waals surface area (Å²) in [6.07, 6.45) is 0. The molecule has 0 fully saturated rings. The smallest absolute Gasteiger partial charge is 0.321 e. The Kier molecular flexibility index (Phi) is 4.64. The SMILES string of the molecule is CC(C)c1noc(NCCSc2ccccc2)n1. The van der Waals surface area contributed by atoms with Gasteiger partial charge in [-0.2, -0.15) is 4.98 Å². The van der Waals surface area contributed by atoms with Crippen LogP contribution in [0.3, 0.4) is 0 Å². The zero-order valence-electron chi connectivity index (χ0n) is 10.6. The normalized spacial score (nSPS) is 10.8. The minimum atomic E-state index is 0.294. The lowest BCUT2D eigenvalue weighted by molar-refractivity contribution is 0.420. The summed E-state index contributed by atoms with van der Waals surface area (Å²) in [5, 5.41) is 7.03. The largest absolute Gasteiger partial charge is 0.337 e. The second-order valence-electron chi connectivity index (χ2n) is 4.20. The van der Waals surface area contributed by atoms with Crippen molar-refractivity contribution in [2.75, 3.05) is 17.6 Å². The van der Waals surface area contributed by atoms with Gasteiger partial charge in [-0.3, -0.25) is 0 Å². The maximum Gasteiger partial charge on any atom is 0.321 e. The van der Waals surface area contributed by atoms with Crippen LogP contribution in [0.4, 0.5) is 6.01 Å². The molecular formula is C13H17N3OS. The van der Waals surface area contributed by atoms with Crippen molar-refractivity contribution in [3.8, 4) is 0 Å². The van der Waals surface area contributed by atoms with Crippen LogP contribution < -0.4 is 5.32 Å². The number of nitrogens with one attached hydrogen (secondary N) is 1. The average Bonchev–Trinajstić information content (AvgIpc) is 2.85. The molecule has 0 spiro atoms. The molecule has 96 valence electrons. The van der Waals surface area contributed by atoms with Crippen LogP contribution >= 0.6 is 11.8 Å². The van der Waals surface area contributed by atoms with E-state index in [0.717, 1.165) is 18.1 Å². The molecule has 0 saturated carbocycles. The highest BCUT2D eigenvalue weighted by atomic mass is 32.2. The Hall–Kier alpha value is -1.49. The van der Waals surface area contributed by atoms with Crippen LogP contribution in [-0.2, 0) is 0 Å². The Balaban J connectivity index is 1.72. The van der Waals surface area contributed by atoms with Gasteiger partial charge in [-0.1, -0.05) is 37.2 Å². The molecule has 0 radical (unpaired) electrons. The molecule has 5 heteroatoms. The monoisotopic (exact) mass is 263 g/mol. The Morgan fingerprint density at radius 2 is 2.06 bits per heavy atom. The lowest BCUT2D eigenvalue weighted by atomic mass is 10.2. The molecule has 0 bridgehead atoms. The Morgan fingerprint density at radius 1 is 1.28 bits per heavy atom. The molecule has 0 aliphatic carbocycles. The van der Waals surface area contributed by atoms with Gasteiger partial charge >= 0.3 is 6.01 Å². The third-order valence-corrected chi connectivity index (χ3v) is 3.36. The molecule has 0 saturated heterocycles. The number of hydrogen-bond donors (Lipinski definition) is 1. The quantitative estimate of drug-likeness (QED) is 0.639. The van der Waals surface area contributed by atoms with E-state index in [9.17, 15) is 0 Å². The summed E-state index contributed by atoms with van der Waals surface area (Å²) in [5.74, 6) is 2.00. The number of aromatic nitrogens is 2. The van der Waals surface area contributed by atoms with E-state index in [0.29, 0.717) is 11.9 Å². The number of nitrogens with zero attached hydrogens (tertiary/aromatic N) is 2. The highest BCUT2D eigenvalue weighted by Gasteiger charge is 2.08. The predicted octanol–water partition coefficient (Wildman–Crippen LogP) is 3.40. The lowest BCUT2D eigenvalue weighted by Crippen LogP contribution is -2.04. The molecule has 0 amide bonds. The third kappa shape index (κ3) is 3.77. The molecule has 1 aromatic heterocycles. The first kappa shape index (κ1) is 13.0. The first-order valence-corrected chi connectivity index (χ1v) is 6.99. The van der Waals surface area contributed by atoms with Crippen LogP contribution in [0.25, 0.3) is 0 Å². The summed E-state index contributed by atoms with van der Waals surface area (Å²) in [4.78, 5) is 5.53. The highest BCUT2D eigenvalue weighted by Crippen LogP contribution is 2.17. The lowest BCUT2D eigenvalue weighted by Gasteiger charge is -2.01. The van der Waals surface area contributed by atoms with Gasteiger partial charge in [0.05, 0.1) is 0 Å². The van der Waals surface area contributed by atoms with Crippen LogP contribution in [0, 0.1) is 0 Å². The van der Waals surface area contributed by atoms with E-state index < -0.39 is 0 Å². The van der Waals surface area contributed by atoms with Gasteiger partial charge in [0.15, 0.2) is 5.82 Å². The molecule has 2 aromatic rings. The highest BCUT2D eigenvalue weighted by molar-refractivity contribution is 7.99. The van der Waals surface area contributed by atoms with Gasteiger partial charge in [0.1, 0.15) is 0 Å². The molecule has 1 heterocycles. The van der Waals surface area contributed by atoms with Crippen molar-refractivity contribution >= 4 is 17.8 Å². The second-order valence-corrected chi connectivity index (χ2v) is 5.37. The van der Waals surface area contributed by atoms with Crippen LogP contribution in [-0.4, -0.2) is 22.4 Å². The van der Waals surface area contributed by atoms with Gasteiger partial charge in [-0.05, 0) is 12.1 Å². The van der Waals surface area contributed by atoms with E-state index >= 15 is 0 Å². The first-order chi connectivity index (χ1) is 8.75. The van der Waals surface area contributed by atoms with E-state index in [1.807, 2.05) is 32.0 Å². The Labute approximate surface area is 111 Å². The van der Waals surface area contributed by atoms with Crippen LogP contribution in [0.5, 0.6) is 0 Å². The molecule has 0 aliphatic heterocycles. The van der Waals surface area contributed by atoms with Crippen molar-refractivity contribution in [2.45, 2.75) is 24.7 Å². The maximum absolute atomic E-state index is 5.10. The van der Waals surface area contributed by atoms with Crippen molar-refractivity contribution in [1.29, 1.82) is 0 Å². The molecule has 18 heavy (non-hydrogen) atoms. The van der Waals surface area contributed by atoms with E-state index in [4.69, 9.17) is 4.52 Å². The van der Waals surface area contributed by atoms with Crippen LogP contribution in [0.2, 0.25) is 0 Å². The standard InChI is InChI=1S/C13H17N3OS/c1-10(2)12-15-13(17-16-12)14-8-9-18-11-6-4-3-5-7-11/h3-7,10H,8-9H2,1-2H3,(H,14,15,16). The molecule has 1 N–H and O–H groups in total. The fourth-order valence-corrected chi connectivity index (χ4v) is 2.17. The van der Waals surface area contributed by atoms with Crippen LogP contribution in [0.15, 0.2) is 39.8 Å². The van der Waals surface area contributed by atoms with Crippen molar-refractivity contribution in [3.05, 3.63) is 36.2 Å². The number of anilines is 1. The van der Waals surface area contributed by atoms with E-state index in [1.54, 1.807) is 11.8 Å². The number of rotatable bonds is 6. The number of thioether (sulfide) groups is 1. The van der Waals surface area contributed by atoms with Crippen molar-refractivity contribution in [2.24, 2.45) is 0 Å². The summed E-state index contributed by atoms with van der Waals surface area (Å²) in [6.45, 7) is 4.89. The van der Waals surface area contributed by atoms with E-state index in [1.165, 1.54) is 4.90 Å². The minimum absolute atomic E-state index is 0.294. The topological polar surface area (TPSA) is 51.0 Å². The van der Waals surface area contributed by atoms with Crippen molar-refractivity contribution < 1.29 is 4.52 Å². The van der Waals surface area contributed by atoms with Crippen molar-refractivity contribution in [3.63, 3.8) is 0 Å². The third-order valence-electron chi connectivity index (χ3n) is 2.35.